The number of carbonyl (C=O) groups is 2. The van der Waals surface area contributed by atoms with Crippen molar-refractivity contribution in [2.45, 2.75) is 27.2 Å². The Bertz CT molecular complexity index is 757. The Balaban J connectivity index is 1.96. The Morgan fingerprint density at radius 3 is 2.40 bits per heavy atom. The summed E-state index contributed by atoms with van der Waals surface area (Å²) in [6, 6.07) is 13.3. The van der Waals surface area contributed by atoms with Gasteiger partial charge in [-0.25, -0.2) is 0 Å². The second-order valence-corrected chi connectivity index (χ2v) is 6.55. The van der Waals surface area contributed by atoms with Crippen molar-refractivity contribution in [1.82, 2.24) is 4.90 Å². The summed E-state index contributed by atoms with van der Waals surface area (Å²) in [5.41, 5.74) is 4.01. The van der Waals surface area contributed by atoms with Crippen LogP contribution in [-0.2, 0) is 16.0 Å². The average molecular weight is 359 g/mol. The molecule has 0 fully saturated rings. The minimum Gasteiger partial charge on any atom is -0.333 e. The number of hydrogen-bond acceptors (Lipinski definition) is 2. The molecule has 0 aliphatic rings. The van der Waals surface area contributed by atoms with Crippen LogP contribution in [0.1, 0.15) is 23.6 Å². The number of rotatable bonds is 6. The summed E-state index contributed by atoms with van der Waals surface area (Å²) in [4.78, 5) is 25.7. The third-order valence-corrected chi connectivity index (χ3v) is 4.49. The maximum absolute atomic E-state index is 12.3. The fourth-order valence-corrected chi connectivity index (χ4v) is 2.64. The van der Waals surface area contributed by atoms with E-state index in [-0.39, 0.29) is 18.4 Å². The zero-order valence-corrected chi connectivity index (χ0v) is 15.6. The highest BCUT2D eigenvalue weighted by Gasteiger charge is 2.14. The van der Waals surface area contributed by atoms with E-state index in [1.807, 2.05) is 56.3 Å². The molecule has 0 unspecified atom stereocenters. The molecular weight excluding hydrogens is 336 g/mol. The molecule has 2 rings (SSSR count). The van der Waals surface area contributed by atoms with Crippen molar-refractivity contribution in [2.24, 2.45) is 0 Å². The number of hydrogen-bond donors (Lipinski definition) is 1. The number of anilines is 1. The van der Waals surface area contributed by atoms with Gasteiger partial charge in [-0.2, -0.15) is 0 Å². The smallest absolute Gasteiger partial charge is 0.244 e. The molecule has 1 N–H and O–H groups in total. The highest BCUT2D eigenvalue weighted by Crippen LogP contribution is 2.18. The SMILES string of the molecule is CC(=O)N(CCc1ccc(Cl)cc1)CC(=O)Nc1cccc(C)c1C. The van der Waals surface area contributed by atoms with E-state index in [0.717, 1.165) is 22.4 Å². The number of nitrogens with one attached hydrogen (secondary N) is 1. The van der Waals surface area contributed by atoms with Crippen molar-refractivity contribution in [3.8, 4) is 0 Å². The Hall–Kier alpha value is -2.33. The lowest BCUT2D eigenvalue weighted by Crippen LogP contribution is -2.38. The molecule has 0 aliphatic heterocycles. The summed E-state index contributed by atoms with van der Waals surface area (Å²) in [7, 11) is 0. The third kappa shape index (κ3) is 5.61. The molecule has 0 heterocycles. The van der Waals surface area contributed by atoms with Gasteiger partial charge in [0.05, 0.1) is 6.54 Å². The zero-order chi connectivity index (χ0) is 18.4. The zero-order valence-electron chi connectivity index (χ0n) is 14.8. The highest BCUT2D eigenvalue weighted by molar-refractivity contribution is 6.30. The molecule has 2 amide bonds. The fourth-order valence-electron chi connectivity index (χ4n) is 2.51. The molecule has 0 spiro atoms. The van der Waals surface area contributed by atoms with Crippen LogP contribution in [0.2, 0.25) is 5.02 Å². The Morgan fingerprint density at radius 1 is 1.08 bits per heavy atom. The Kier molecular flexibility index (Phi) is 6.59. The molecule has 2 aromatic rings. The van der Waals surface area contributed by atoms with Crippen LogP contribution in [0, 0.1) is 13.8 Å². The fraction of sp³-hybridized carbons (Fsp3) is 0.300. The number of aryl methyl sites for hydroxylation is 1. The molecule has 0 saturated heterocycles. The topological polar surface area (TPSA) is 49.4 Å². The normalized spacial score (nSPS) is 10.4. The first kappa shape index (κ1) is 19.0. The number of benzene rings is 2. The van der Waals surface area contributed by atoms with Crippen LogP contribution in [0.3, 0.4) is 0 Å². The predicted molar refractivity (Wildman–Crippen MR) is 102 cm³/mol. The largest absolute Gasteiger partial charge is 0.333 e. The van der Waals surface area contributed by atoms with Crippen LogP contribution in [0.15, 0.2) is 42.5 Å². The Morgan fingerprint density at radius 2 is 1.76 bits per heavy atom. The minimum atomic E-state index is -0.194. The number of amides is 2. The molecule has 0 aromatic heterocycles. The van der Waals surface area contributed by atoms with Gasteiger partial charge in [-0.3, -0.25) is 9.59 Å². The van der Waals surface area contributed by atoms with Crippen LogP contribution in [0.25, 0.3) is 0 Å². The molecule has 132 valence electrons. The van der Waals surface area contributed by atoms with Crippen LogP contribution < -0.4 is 5.32 Å². The second-order valence-electron chi connectivity index (χ2n) is 6.11. The van der Waals surface area contributed by atoms with Crippen molar-refractivity contribution >= 4 is 29.1 Å². The average Bonchev–Trinajstić information content (AvgIpc) is 2.57. The summed E-state index contributed by atoms with van der Waals surface area (Å²) >= 11 is 5.88. The van der Waals surface area contributed by atoms with Gasteiger partial charge < -0.3 is 10.2 Å². The lowest BCUT2D eigenvalue weighted by molar-refractivity contribution is -0.132. The van der Waals surface area contributed by atoms with Crippen LogP contribution >= 0.6 is 11.6 Å². The minimum absolute atomic E-state index is 0.0380. The second kappa shape index (κ2) is 8.67. The molecule has 0 aliphatic carbocycles. The molecule has 0 atom stereocenters. The first-order chi connectivity index (χ1) is 11.9. The first-order valence-electron chi connectivity index (χ1n) is 8.23. The molecule has 4 nitrogen and oxygen atoms in total. The van der Waals surface area contributed by atoms with Gasteiger partial charge in [0, 0.05) is 24.2 Å². The lowest BCUT2D eigenvalue weighted by atomic mass is 10.1. The van der Waals surface area contributed by atoms with Gasteiger partial charge in [0.25, 0.3) is 0 Å². The maximum Gasteiger partial charge on any atom is 0.244 e. The maximum atomic E-state index is 12.3. The van der Waals surface area contributed by atoms with Gasteiger partial charge in [0.1, 0.15) is 0 Å². The van der Waals surface area contributed by atoms with Gasteiger partial charge in [-0.15, -0.1) is 0 Å². The van der Waals surface area contributed by atoms with Gasteiger partial charge >= 0.3 is 0 Å². The number of halogens is 1. The van der Waals surface area contributed by atoms with Crippen LogP contribution in [-0.4, -0.2) is 29.8 Å². The Labute approximate surface area is 153 Å². The van der Waals surface area contributed by atoms with E-state index in [1.54, 1.807) is 4.90 Å². The summed E-state index contributed by atoms with van der Waals surface area (Å²) < 4.78 is 0. The molecular formula is C20H23ClN2O2. The van der Waals surface area contributed by atoms with Crippen molar-refractivity contribution in [3.05, 3.63) is 64.2 Å². The first-order valence-corrected chi connectivity index (χ1v) is 8.60. The molecule has 0 saturated carbocycles. The van der Waals surface area contributed by atoms with Crippen molar-refractivity contribution in [1.29, 1.82) is 0 Å². The number of carbonyl (C=O) groups excluding carboxylic acids is 2. The summed E-state index contributed by atoms with van der Waals surface area (Å²) in [6.07, 6.45) is 0.674. The lowest BCUT2D eigenvalue weighted by Gasteiger charge is -2.21. The summed E-state index contributed by atoms with van der Waals surface area (Å²) in [6.45, 7) is 5.97. The monoisotopic (exact) mass is 358 g/mol. The summed E-state index contributed by atoms with van der Waals surface area (Å²) in [5, 5.41) is 3.57. The van der Waals surface area contributed by atoms with E-state index >= 15 is 0 Å². The number of nitrogens with zero attached hydrogens (tertiary/aromatic N) is 1. The highest BCUT2D eigenvalue weighted by atomic mass is 35.5. The van der Waals surface area contributed by atoms with E-state index in [0.29, 0.717) is 18.0 Å². The van der Waals surface area contributed by atoms with Crippen LogP contribution in [0.5, 0.6) is 0 Å². The van der Waals surface area contributed by atoms with E-state index < -0.39 is 0 Å². The standard InChI is InChI=1S/C20H23ClN2O2/c1-14-5-4-6-19(15(14)2)22-20(25)13-23(16(3)24)12-11-17-7-9-18(21)10-8-17/h4-10H,11-13H2,1-3H3,(H,22,25). The van der Waals surface area contributed by atoms with E-state index in [9.17, 15) is 9.59 Å². The predicted octanol–water partition coefficient (Wildman–Crippen LogP) is 3.99. The molecule has 0 bridgehead atoms. The quantitative estimate of drug-likeness (QED) is 0.848. The van der Waals surface area contributed by atoms with Crippen molar-refractivity contribution in [3.63, 3.8) is 0 Å². The van der Waals surface area contributed by atoms with Crippen LogP contribution in [0.4, 0.5) is 5.69 Å². The summed E-state index contributed by atoms with van der Waals surface area (Å²) in [5.74, 6) is -0.315. The molecule has 25 heavy (non-hydrogen) atoms. The van der Waals surface area contributed by atoms with E-state index in [2.05, 4.69) is 5.32 Å². The van der Waals surface area contributed by atoms with Gasteiger partial charge in [0.2, 0.25) is 11.8 Å². The van der Waals surface area contributed by atoms with Gasteiger partial charge in [-0.05, 0) is 55.2 Å². The third-order valence-electron chi connectivity index (χ3n) is 4.24. The van der Waals surface area contributed by atoms with Gasteiger partial charge in [0.15, 0.2) is 0 Å². The van der Waals surface area contributed by atoms with Crippen molar-refractivity contribution in [2.75, 3.05) is 18.4 Å². The van der Waals surface area contributed by atoms with Gasteiger partial charge in [-0.1, -0.05) is 35.9 Å². The van der Waals surface area contributed by atoms with E-state index in [1.165, 1.54) is 6.92 Å². The molecule has 5 heteroatoms. The van der Waals surface area contributed by atoms with Crippen molar-refractivity contribution < 1.29 is 9.59 Å². The molecule has 0 radical (unpaired) electrons. The molecule has 2 aromatic carbocycles. The van der Waals surface area contributed by atoms with E-state index in [4.69, 9.17) is 11.6 Å².